The third kappa shape index (κ3) is 4.27. The number of non-ortho nitro benzene ring substituents is 1. The molecular formula is C16H18N4O2S. The molecule has 1 N–H and O–H groups in total. The molecule has 0 fully saturated rings. The summed E-state index contributed by atoms with van der Waals surface area (Å²) in [5.74, 6) is 0. The van der Waals surface area contributed by atoms with Crippen molar-refractivity contribution >= 4 is 22.7 Å². The van der Waals surface area contributed by atoms with Gasteiger partial charge in [0.15, 0.2) is 0 Å². The average molecular weight is 330 g/mol. The van der Waals surface area contributed by atoms with E-state index in [1.165, 1.54) is 12.1 Å². The molecular weight excluding hydrogens is 312 g/mol. The highest BCUT2D eigenvalue weighted by molar-refractivity contribution is 7.09. The molecule has 0 atom stereocenters. The van der Waals surface area contributed by atoms with Crippen LogP contribution in [0.2, 0.25) is 0 Å². The molecule has 1 aromatic heterocycles. The van der Waals surface area contributed by atoms with Gasteiger partial charge in [-0.1, -0.05) is 20.8 Å². The normalized spacial score (nSPS) is 11.0. The number of nitro benzene ring substituents is 1. The topological polar surface area (TPSA) is 91.8 Å². The van der Waals surface area contributed by atoms with E-state index in [4.69, 9.17) is 5.26 Å². The number of nitrogens with zero attached hydrogens (tertiary/aromatic N) is 3. The zero-order valence-corrected chi connectivity index (χ0v) is 14.1. The second-order valence-electron chi connectivity index (χ2n) is 6.17. The fraction of sp³-hybridized carbons (Fsp3) is 0.375. The molecule has 2 aromatic rings. The van der Waals surface area contributed by atoms with Gasteiger partial charge in [-0.3, -0.25) is 10.1 Å². The van der Waals surface area contributed by atoms with Gasteiger partial charge in [-0.15, -0.1) is 11.3 Å². The Morgan fingerprint density at radius 3 is 2.74 bits per heavy atom. The molecule has 0 aliphatic carbocycles. The summed E-state index contributed by atoms with van der Waals surface area (Å²) < 4.78 is 0. The number of anilines is 1. The highest BCUT2D eigenvalue weighted by Gasteiger charge is 2.17. The van der Waals surface area contributed by atoms with Crippen LogP contribution in [0.3, 0.4) is 0 Å². The van der Waals surface area contributed by atoms with E-state index in [1.54, 1.807) is 17.4 Å². The summed E-state index contributed by atoms with van der Waals surface area (Å²) in [5.41, 5.74) is 1.84. The van der Waals surface area contributed by atoms with Gasteiger partial charge in [-0.25, -0.2) is 4.98 Å². The summed E-state index contributed by atoms with van der Waals surface area (Å²) in [6.07, 6.45) is 0.731. The molecule has 23 heavy (non-hydrogen) atoms. The maximum Gasteiger partial charge on any atom is 0.270 e. The van der Waals surface area contributed by atoms with Crippen molar-refractivity contribution < 1.29 is 4.92 Å². The Kier molecular flexibility index (Phi) is 4.96. The van der Waals surface area contributed by atoms with Gasteiger partial charge in [0.05, 0.1) is 26.9 Å². The lowest BCUT2D eigenvalue weighted by Gasteiger charge is -2.13. The Balaban J connectivity index is 2.00. The first-order chi connectivity index (χ1) is 10.8. The van der Waals surface area contributed by atoms with Crippen molar-refractivity contribution in [2.24, 2.45) is 0 Å². The van der Waals surface area contributed by atoms with Crippen molar-refractivity contribution in [3.05, 3.63) is 50.0 Å². The van der Waals surface area contributed by atoms with E-state index in [0.29, 0.717) is 12.2 Å². The molecule has 0 saturated heterocycles. The first-order valence-electron chi connectivity index (χ1n) is 7.18. The maximum atomic E-state index is 10.7. The summed E-state index contributed by atoms with van der Waals surface area (Å²) in [6.45, 7) is 7.00. The number of hydrogen-bond acceptors (Lipinski definition) is 6. The molecule has 6 nitrogen and oxygen atoms in total. The first kappa shape index (κ1) is 16.9. The number of aromatic nitrogens is 1. The minimum absolute atomic E-state index is 0.0443. The Morgan fingerprint density at radius 1 is 1.43 bits per heavy atom. The average Bonchev–Trinajstić information content (AvgIpc) is 2.96. The van der Waals surface area contributed by atoms with E-state index in [1.807, 2.05) is 11.4 Å². The van der Waals surface area contributed by atoms with Gasteiger partial charge in [0.1, 0.15) is 6.07 Å². The Labute approximate surface area is 138 Å². The van der Waals surface area contributed by atoms with Crippen LogP contribution in [0.5, 0.6) is 0 Å². The van der Waals surface area contributed by atoms with Crippen molar-refractivity contribution in [1.82, 2.24) is 4.98 Å². The summed E-state index contributed by atoms with van der Waals surface area (Å²) in [4.78, 5) is 14.8. The van der Waals surface area contributed by atoms with E-state index in [0.717, 1.165) is 17.1 Å². The van der Waals surface area contributed by atoms with Crippen LogP contribution in [0.25, 0.3) is 0 Å². The second-order valence-corrected chi connectivity index (χ2v) is 7.03. The molecule has 0 aliphatic heterocycles. The monoisotopic (exact) mass is 330 g/mol. The second kappa shape index (κ2) is 6.75. The summed E-state index contributed by atoms with van der Waals surface area (Å²) in [6, 6.07) is 6.22. The van der Waals surface area contributed by atoms with Crippen molar-refractivity contribution in [1.29, 1.82) is 5.26 Å². The van der Waals surface area contributed by atoms with E-state index in [-0.39, 0.29) is 16.7 Å². The Morgan fingerprint density at radius 2 is 2.17 bits per heavy atom. The summed E-state index contributed by atoms with van der Waals surface area (Å²) >= 11 is 1.65. The van der Waals surface area contributed by atoms with Crippen molar-refractivity contribution in [3.63, 3.8) is 0 Å². The highest BCUT2D eigenvalue weighted by Crippen LogP contribution is 2.26. The largest absolute Gasteiger partial charge is 0.384 e. The smallest absolute Gasteiger partial charge is 0.270 e. The van der Waals surface area contributed by atoms with Crippen LogP contribution in [0.1, 0.15) is 37.0 Å². The van der Waals surface area contributed by atoms with E-state index in [9.17, 15) is 10.1 Å². The van der Waals surface area contributed by atoms with Crippen molar-refractivity contribution in [3.8, 4) is 6.07 Å². The fourth-order valence-corrected chi connectivity index (χ4v) is 2.93. The number of thiazole rings is 1. The SMILES string of the molecule is CC(C)(C)c1nc(CCNc2ccc([N+](=O)[O-])cc2C#N)cs1. The number of benzene rings is 1. The number of rotatable bonds is 5. The third-order valence-electron chi connectivity index (χ3n) is 3.22. The minimum Gasteiger partial charge on any atom is -0.384 e. The van der Waals surface area contributed by atoms with Crippen molar-refractivity contribution in [2.75, 3.05) is 11.9 Å². The van der Waals surface area contributed by atoms with Crippen molar-refractivity contribution in [2.45, 2.75) is 32.6 Å². The zero-order valence-electron chi connectivity index (χ0n) is 13.3. The van der Waals surface area contributed by atoms with Gasteiger partial charge in [0.25, 0.3) is 5.69 Å². The number of nitro groups is 1. The molecule has 1 aromatic carbocycles. The molecule has 0 aliphatic rings. The molecule has 0 spiro atoms. The van der Waals surface area contributed by atoms with Crippen LogP contribution in [-0.4, -0.2) is 16.5 Å². The van der Waals surface area contributed by atoms with Gasteiger partial charge < -0.3 is 5.32 Å². The molecule has 120 valence electrons. The molecule has 2 rings (SSSR count). The van der Waals surface area contributed by atoms with Gasteiger partial charge in [-0.05, 0) is 6.07 Å². The summed E-state index contributed by atoms with van der Waals surface area (Å²) in [5, 5.41) is 26.1. The van der Waals surface area contributed by atoms with Gasteiger partial charge in [0.2, 0.25) is 0 Å². The quantitative estimate of drug-likeness (QED) is 0.663. The Hall–Kier alpha value is -2.46. The van der Waals surface area contributed by atoms with Crippen LogP contribution < -0.4 is 5.32 Å². The Bertz CT molecular complexity index is 756. The van der Waals surface area contributed by atoms with Gasteiger partial charge in [0, 0.05) is 35.9 Å². The molecule has 0 bridgehead atoms. The van der Waals surface area contributed by atoms with Gasteiger partial charge in [-0.2, -0.15) is 5.26 Å². The lowest BCUT2D eigenvalue weighted by Crippen LogP contribution is -2.11. The molecule has 0 amide bonds. The lowest BCUT2D eigenvalue weighted by atomic mass is 9.98. The summed E-state index contributed by atoms with van der Waals surface area (Å²) in [7, 11) is 0. The highest BCUT2D eigenvalue weighted by atomic mass is 32.1. The lowest BCUT2D eigenvalue weighted by molar-refractivity contribution is -0.384. The van der Waals surface area contributed by atoms with Crippen LogP contribution >= 0.6 is 11.3 Å². The molecule has 1 heterocycles. The number of nitrogens with one attached hydrogen (secondary N) is 1. The zero-order chi connectivity index (χ0) is 17.0. The third-order valence-corrected chi connectivity index (χ3v) is 4.54. The molecule has 7 heteroatoms. The van der Waals surface area contributed by atoms with E-state index in [2.05, 4.69) is 31.1 Å². The van der Waals surface area contributed by atoms with Crippen LogP contribution in [0.15, 0.2) is 23.6 Å². The molecule has 0 unspecified atom stereocenters. The predicted molar refractivity (Wildman–Crippen MR) is 90.8 cm³/mol. The number of hydrogen-bond donors (Lipinski definition) is 1. The van der Waals surface area contributed by atoms with Gasteiger partial charge >= 0.3 is 0 Å². The standard InChI is InChI=1S/C16H18N4O2S/c1-16(2,3)15-19-12(10-23-15)6-7-18-14-5-4-13(20(21)22)8-11(14)9-17/h4-5,8,10,18H,6-7H2,1-3H3. The van der Waals surface area contributed by atoms with E-state index >= 15 is 0 Å². The maximum absolute atomic E-state index is 10.7. The fourth-order valence-electron chi connectivity index (χ4n) is 1.98. The number of nitriles is 1. The van der Waals surface area contributed by atoms with Crippen LogP contribution in [0, 0.1) is 21.4 Å². The van der Waals surface area contributed by atoms with E-state index < -0.39 is 4.92 Å². The van der Waals surface area contributed by atoms with Crippen LogP contribution in [0.4, 0.5) is 11.4 Å². The predicted octanol–water partition coefficient (Wildman–Crippen LogP) is 3.88. The molecule has 0 saturated carbocycles. The minimum atomic E-state index is -0.506. The van der Waals surface area contributed by atoms with Crippen LogP contribution in [-0.2, 0) is 11.8 Å². The first-order valence-corrected chi connectivity index (χ1v) is 8.06. The molecule has 0 radical (unpaired) electrons.